The minimum Gasteiger partial charge on any atom is -0.321 e. The molecule has 5 heteroatoms. The van der Waals surface area contributed by atoms with Gasteiger partial charge in [-0.3, -0.25) is 4.79 Å². The quantitative estimate of drug-likeness (QED) is 0.434. The fourth-order valence-corrected chi connectivity index (χ4v) is 0.613. The van der Waals surface area contributed by atoms with Gasteiger partial charge in [0.15, 0.2) is 0 Å². The third kappa shape index (κ3) is 1.20. The van der Waals surface area contributed by atoms with E-state index in [1.165, 1.54) is 6.21 Å². The van der Waals surface area contributed by atoms with Crippen molar-refractivity contribution in [2.75, 3.05) is 0 Å². The summed E-state index contributed by atoms with van der Waals surface area (Å²) in [6.07, 6.45) is 1.40. The van der Waals surface area contributed by atoms with Crippen LogP contribution in [0.4, 0.5) is 0 Å². The van der Waals surface area contributed by atoms with Gasteiger partial charge in [-0.2, -0.15) is 5.10 Å². The molecule has 50 valence electrons. The van der Waals surface area contributed by atoms with Crippen molar-refractivity contribution in [2.24, 2.45) is 10.8 Å². The van der Waals surface area contributed by atoms with E-state index in [0.717, 1.165) is 0 Å². The number of hydrazone groups is 1. The maximum Gasteiger partial charge on any atom is 0.260 e. The number of hydrogen-bond acceptors (Lipinski definition) is 3. The largest absolute Gasteiger partial charge is 0.321 e. The second kappa shape index (κ2) is 2.33. The molecule has 1 aliphatic heterocycles. The Labute approximate surface area is 57.0 Å². The Morgan fingerprint density at radius 1 is 1.89 bits per heavy atom. The van der Waals surface area contributed by atoms with Crippen molar-refractivity contribution in [3.8, 4) is 0 Å². The monoisotopic (exact) mass is 147 g/mol. The molecule has 0 saturated carbocycles. The second-order valence-electron chi connectivity index (χ2n) is 1.73. The molecule has 0 fully saturated rings. The first-order valence-electron chi connectivity index (χ1n) is 2.44. The van der Waals surface area contributed by atoms with E-state index < -0.39 is 11.4 Å². The van der Waals surface area contributed by atoms with Crippen molar-refractivity contribution >= 4 is 23.7 Å². The lowest BCUT2D eigenvalue weighted by Crippen LogP contribution is -2.46. The van der Waals surface area contributed by atoms with Crippen LogP contribution >= 0.6 is 11.6 Å². The molecule has 0 spiro atoms. The maximum atomic E-state index is 10.6. The van der Waals surface area contributed by atoms with Crippen LogP contribution in [-0.2, 0) is 4.79 Å². The predicted molar refractivity (Wildman–Crippen MR) is 34.3 cm³/mol. The standard InChI is InChI=1S/C4H6ClN3O/c5-3-2(6)1-7-8-4(3)9/h1-3H,6H2,(H,8,9). The summed E-state index contributed by atoms with van der Waals surface area (Å²) in [4.78, 5) is 10.6. The van der Waals surface area contributed by atoms with E-state index in [2.05, 4.69) is 10.5 Å². The first-order valence-corrected chi connectivity index (χ1v) is 2.88. The van der Waals surface area contributed by atoms with Gasteiger partial charge in [0.05, 0.1) is 6.04 Å². The Morgan fingerprint density at radius 2 is 2.56 bits per heavy atom. The lowest BCUT2D eigenvalue weighted by atomic mass is 10.2. The first kappa shape index (κ1) is 6.51. The molecule has 0 aromatic carbocycles. The molecule has 4 nitrogen and oxygen atoms in total. The zero-order valence-corrected chi connectivity index (χ0v) is 5.30. The molecule has 0 bridgehead atoms. The molecule has 1 aliphatic rings. The van der Waals surface area contributed by atoms with E-state index >= 15 is 0 Å². The van der Waals surface area contributed by atoms with Gasteiger partial charge >= 0.3 is 0 Å². The Bertz CT molecular complexity index is 158. The van der Waals surface area contributed by atoms with Crippen LogP contribution in [0.2, 0.25) is 0 Å². The number of carbonyl (C=O) groups excluding carboxylic acids is 1. The van der Waals surface area contributed by atoms with Crippen LogP contribution in [0.1, 0.15) is 0 Å². The highest BCUT2D eigenvalue weighted by atomic mass is 35.5. The minimum absolute atomic E-state index is 0.341. The number of carbonyl (C=O) groups is 1. The number of nitrogens with zero attached hydrogens (tertiary/aromatic N) is 1. The van der Waals surface area contributed by atoms with Gasteiger partial charge in [0, 0.05) is 6.21 Å². The van der Waals surface area contributed by atoms with Crippen molar-refractivity contribution in [3.05, 3.63) is 0 Å². The fraction of sp³-hybridized carbons (Fsp3) is 0.500. The molecule has 0 radical (unpaired) electrons. The van der Waals surface area contributed by atoms with Gasteiger partial charge in [-0.1, -0.05) is 0 Å². The molecule has 1 amide bonds. The van der Waals surface area contributed by atoms with Crippen molar-refractivity contribution in [1.82, 2.24) is 5.43 Å². The predicted octanol–water partition coefficient (Wildman–Crippen LogP) is -0.963. The SMILES string of the molecule is NC1C=NNC(=O)C1Cl. The number of hydrogen-bond donors (Lipinski definition) is 2. The second-order valence-corrected chi connectivity index (χ2v) is 2.20. The van der Waals surface area contributed by atoms with E-state index in [4.69, 9.17) is 17.3 Å². The van der Waals surface area contributed by atoms with Crippen LogP contribution in [0.5, 0.6) is 0 Å². The molecule has 2 unspecified atom stereocenters. The smallest absolute Gasteiger partial charge is 0.260 e. The van der Waals surface area contributed by atoms with Gasteiger partial charge in [0.25, 0.3) is 5.91 Å². The fourth-order valence-electron chi connectivity index (χ4n) is 0.499. The van der Waals surface area contributed by atoms with Crippen LogP contribution in [0.25, 0.3) is 0 Å². The molecule has 0 saturated heterocycles. The molecule has 1 rings (SSSR count). The zero-order chi connectivity index (χ0) is 6.85. The highest BCUT2D eigenvalue weighted by molar-refractivity contribution is 6.32. The minimum atomic E-state index is -0.678. The summed E-state index contributed by atoms with van der Waals surface area (Å²) in [7, 11) is 0. The van der Waals surface area contributed by atoms with Gasteiger partial charge in [0.2, 0.25) is 0 Å². The Kier molecular flexibility index (Phi) is 1.68. The zero-order valence-electron chi connectivity index (χ0n) is 4.54. The molecule has 0 aromatic rings. The lowest BCUT2D eigenvalue weighted by Gasteiger charge is -2.15. The summed E-state index contributed by atoms with van der Waals surface area (Å²) >= 11 is 5.49. The third-order valence-electron chi connectivity index (χ3n) is 1.01. The number of nitrogens with one attached hydrogen (secondary N) is 1. The van der Waals surface area contributed by atoms with Crippen LogP contribution in [0, 0.1) is 0 Å². The van der Waals surface area contributed by atoms with Gasteiger partial charge in [-0.25, -0.2) is 5.43 Å². The highest BCUT2D eigenvalue weighted by Gasteiger charge is 2.24. The van der Waals surface area contributed by atoms with E-state index in [-0.39, 0.29) is 5.91 Å². The van der Waals surface area contributed by atoms with Crippen LogP contribution in [-0.4, -0.2) is 23.5 Å². The summed E-state index contributed by atoms with van der Waals surface area (Å²) in [5, 5.41) is 2.78. The maximum absolute atomic E-state index is 10.6. The van der Waals surface area contributed by atoms with Crippen LogP contribution in [0.3, 0.4) is 0 Å². The molecule has 9 heavy (non-hydrogen) atoms. The van der Waals surface area contributed by atoms with Gasteiger partial charge in [-0.05, 0) is 0 Å². The molecule has 3 N–H and O–H groups in total. The summed E-state index contributed by atoms with van der Waals surface area (Å²) < 4.78 is 0. The third-order valence-corrected chi connectivity index (χ3v) is 1.50. The van der Waals surface area contributed by atoms with Gasteiger partial charge in [-0.15, -0.1) is 11.6 Å². The summed E-state index contributed by atoms with van der Waals surface area (Å²) in [6, 6.07) is -0.458. The van der Waals surface area contributed by atoms with Gasteiger partial charge in [0.1, 0.15) is 5.38 Å². The van der Waals surface area contributed by atoms with Gasteiger partial charge < -0.3 is 5.73 Å². The summed E-state index contributed by atoms with van der Waals surface area (Å²) in [5.41, 5.74) is 7.51. The van der Waals surface area contributed by atoms with Crippen molar-refractivity contribution in [1.29, 1.82) is 0 Å². The van der Waals surface area contributed by atoms with E-state index in [0.29, 0.717) is 0 Å². The number of nitrogens with two attached hydrogens (primary N) is 1. The summed E-state index contributed by atoms with van der Waals surface area (Å²) in [5.74, 6) is -0.341. The molecule has 2 atom stereocenters. The average Bonchev–Trinajstić information content (AvgIpc) is 1.83. The number of rotatable bonds is 0. The number of amides is 1. The topological polar surface area (TPSA) is 67.5 Å². The van der Waals surface area contributed by atoms with Crippen LogP contribution in [0.15, 0.2) is 5.10 Å². The Hall–Kier alpha value is -0.610. The molecule has 0 aliphatic carbocycles. The van der Waals surface area contributed by atoms with Crippen molar-refractivity contribution in [3.63, 3.8) is 0 Å². The Morgan fingerprint density at radius 3 is 3.00 bits per heavy atom. The molecular weight excluding hydrogens is 142 g/mol. The number of alkyl halides is 1. The summed E-state index contributed by atoms with van der Waals surface area (Å²) in [6.45, 7) is 0. The lowest BCUT2D eigenvalue weighted by molar-refractivity contribution is -0.121. The van der Waals surface area contributed by atoms with Crippen LogP contribution < -0.4 is 11.2 Å². The van der Waals surface area contributed by atoms with E-state index in [9.17, 15) is 4.79 Å². The van der Waals surface area contributed by atoms with Crippen molar-refractivity contribution in [2.45, 2.75) is 11.4 Å². The van der Waals surface area contributed by atoms with Crippen molar-refractivity contribution < 1.29 is 4.79 Å². The molecule has 0 aromatic heterocycles. The Balaban J connectivity index is 2.69. The average molecular weight is 148 g/mol. The van der Waals surface area contributed by atoms with E-state index in [1.54, 1.807) is 0 Å². The number of halogens is 1. The van der Waals surface area contributed by atoms with E-state index in [1.807, 2.05) is 0 Å². The molecule has 1 heterocycles. The first-order chi connectivity index (χ1) is 4.22. The normalized spacial score (nSPS) is 34.2. The molecular formula is C4H6ClN3O. The highest BCUT2D eigenvalue weighted by Crippen LogP contribution is 2.01.